The van der Waals surface area contributed by atoms with Crippen LogP contribution in [0.3, 0.4) is 0 Å². The van der Waals surface area contributed by atoms with Gasteiger partial charge in [-0.1, -0.05) is 0 Å². The predicted molar refractivity (Wildman–Crippen MR) is 28.9 cm³/mol. The van der Waals surface area contributed by atoms with Gasteiger partial charge in [-0.25, -0.2) is 0 Å². The number of hydrogen-bond donors (Lipinski definition) is 1. The van der Waals surface area contributed by atoms with Crippen LogP contribution in [-0.2, 0) is 4.79 Å². The molecule has 0 rings (SSSR count). The van der Waals surface area contributed by atoms with Gasteiger partial charge in [0.2, 0.25) is 0 Å². The number of aldehydes is 1. The SMILES string of the molecule is CCN/C=C\C=O. The van der Waals surface area contributed by atoms with Crippen LogP contribution < -0.4 is 5.32 Å². The maximum Gasteiger partial charge on any atom is 0.144 e. The molecule has 0 unspecified atom stereocenters. The molecule has 0 saturated heterocycles. The molecule has 0 aliphatic carbocycles. The van der Waals surface area contributed by atoms with E-state index < -0.39 is 0 Å². The number of nitrogens with one attached hydrogen (secondary N) is 1. The first-order chi connectivity index (χ1) is 3.41. The molecule has 7 heavy (non-hydrogen) atoms. The van der Waals surface area contributed by atoms with E-state index >= 15 is 0 Å². The van der Waals surface area contributed by atoms with Gasteiger partial charge in [-0.3, -0.25) is 4.79 Å². The van der Waals surface area contributed by atoms with Crippen LogP contribution in [0.1, 0.15) is 6.92 Å². The van der Waals surface area contributed by atoms with E-state index in [0.717, 1.165) is 12.8 Å². The topological polar surface area (TPSA) is 29.1 Å². The fraction of sp³-hybridized carbons (Fsp3) is 0.400. The molecule has 1 N–H and O–H groups in total. The zero-order valence-electron chi connectivity index (χ0n) is 4.35. The number of hydrogen-bond acceptors (Lipinski definition) is 2. The molecule has 0 amide bonds. The standard InChI is InChI=1S/C5H9NO/c1-2-6-4-3-5-7/h3-6H,2H2,1H3/b4-3-. The number of carbonyl (C=O) groups is 1. The molecule has 0 aromatic heterocycles. The minimum absolute atomic E-state index is 0.739. The van der Waals surface area contributed by atoms with Crippen molar-refractivity contribution in [2.75, 3.05) is 6.54 Å². The molecule has 2 nitrogen and oxygen atoms in total. The fourth-order valence-electron chi connectivity index (χ4n) is 0.225. The number of allylic oxidation sites excluding steroid dienone is 1. The van der Waals surface area contributed by atoms with Gasteiger partial charge in [0.25, 0.3) is 0 Å². The molecule has 0 bridgehead atoms. The smallest absolute Gasteiger partial charge is 0.144 e. The maximum atomic E-state index is 9.55. The Balaban J connectivity index is 2.92. The Kier molecular flexibility index (Phi) is 4.62. The molecule has 0 heterocycles. The highest BCUT2D eigenvalue weighted by molar-refractivity contribution is 5.64. The minimum Gasteiger partial charge on any atom is -0.391 e. The second-order valence-corrected chi connectivity index (χ2v) is 1.05. The third kappa shape index (κ3) is 5.21. The van der Waals surface area contributed by atoms with Crippen LogP contribution >= 0.6 is 0 Å². The van der Waals surface area contributed by atoms with Gasteiger partial charge < -0.3 is 5.32 Å². The highest BCUT2D eigenvalue weighted by Crippen LogP contribution is 1.57. The first kappa shape index (κ1) is 6.21. The van der Waals surface area contributed by atoms with Crippen LogP contribution in [0, 0.1) is 0 Å². The molecule has 0 aromatic carbocycles. The first-order valence-corrected chi connectivity index (χ1v) is 2.25. The van der Waals surface area contributed by atoms with Gasteiger partial charge in [0, 0.05) is 6.54 Å². The molecule has 0 aromatic rings. The summed E-state index contributed by atoms with van der Waals surface area (Å²) in [6, 6.07) is 0. The van der Waals surface area contributed by atoms with Gasteiger partial charge in [-0.05, 0) is 19.2 Å². The van der Waals surface area contributed by atoms with Gasteiger partial charge in [0.05, 0.1) is 0 Å². The van der Waals surface area contributed by atoms with Crippen molar-refractivity contribution in [2.45, 2.75) is 6.92 Å². The summed E-state index contributed by atoms with van der Waals surface area (Å²) in [5.41, 5.74) is 0. The fourth-order valence-corrected chi connectivity index (χ4v) is 0.225. The lowest BCUT2D eigenvalue weighted by Gasteiger charge is -1.85. The van der Waals surface area contributed by atoms with Gasteiger partial charge in [0.15, 0.2) is 0 Å². The highest BCUT2D eigenvalue weighted by atomic mass is 16.1. The largest absolute Gasteiger partial charge is 0.391 e. The second kappa shape index (κ2) is 5.21. The molecule has 0 radical (unpaired) electrons. The van der Waals surface area contributed by atoms with Crippen molar-refractivity contribution in [1.29, 1.82) is 0 Å². The summed E-state index contributed by atoms with van der Waals surface area (Å²) in [6.45, 7) is 2.83. The predicted octanol–water partition coefficient (Wildman–Crippen LogP) is 0.309. The summed E-state index contributed by atoms with van der Waals surface area (Å²) in [6.07, 6.45) is 3.78. The van der Waals surface area contributed by atoms with Crippen molar-refractivity contribution in [3.63, 3.8) is 0 Å². The quantitative estimate of drug-likeness (QED) is 0.407. The van der Waals surface area contributed by atoms with E-state index in [1.165, 1.54) is 6.08 Å². The zero-order valence-corrected chi connectivity index (χ0v) is 4.35. The highest BCUT2D eigenvalue weighted by Gasteiger charge is 1.62. The summed E-state index contributed by atoms with van der Waals surface area (Å²) >= 11 is 0. The Hall–Kier alpha value is -0.790. The van der Waals surface area contributed by atoms with Crippen molar-refractivity contribution >= 4 is 6.29 Å². The minimum atomic E-state index is 0.739. The summed E-state index contributed by atoms with van der Waals surface area (Å²) in [5, 5.41) is 2.84. The monoisotopic (exact) mass is 99.1 g/mol. The second-order valence-electron chi connectivity index (χ2n) is 1.05. The third-order valence-electron chi connectivity index (χ3n) is 0.497. The lowest BCUT2D eigenvalue weighted by molar-refractivity contribution is -0.104. The molecule has 0 aliphatic heterocycles. The molecule has 0 spiro atoms. The van der Waals surface area contributed by atoms with E-state index in [9.17, 15) is 4.79 Å². The van der Waals surface area contributed by atoms with Crippen LogP contribution in [-0.4, -0.2) is 12.8 Å². The Morgan fingerprint density at radius 1 is 1.71 bits per heavy atom. The molecule has 0 aliphatic rings. The van der Waals surface area contributed by atoms with Gasteiger partial charge in [-0.2, -0.15) is 0 Å². The van der Waals surface area contributed by atoms with E-state index in [2.05, 4.69) is 5.32 Å². The normalized spacial score (nSPS) is 9.29. The van der Waals surface area contributed by atoms with Crippen LogP contribution in [0.2, 0.25) is 0 Å². The van der Waals surface area contributed by atoms with E-state index in [1.807, 2.05) is 6.92 Å². The first-order valence-electron chi connectivity index (χ1n) is 2.25. The average molecular weight is 99.1 g/mol. The Bertz CT molecular complexity index is 68.5. The molecular formula is C5H9NO. The lowest BCUT2D eigenvalue weighted by atomic mass is 10.6. The molecule has 2 heteroatoms. The van der Waals surface area contributed by atoms with Crippen molar-refractivity contribution in [3.8, 4) is 0 Å². The van der Waals surface area contributed by atoms with Crippen LogP contribution in [0.15, 0.2) is 12.3 Å². The lowest BCUT2D eigenvalue weighted by Crippen LogP contribution is -2.01. The van der Waals surface area contributed by atoms with E-state index in [0.29, 0.717) is 0 Å². The van der Waals surface area contributed by atoms with Gasteiger partial charge >= 0.3 is 0 Å². The van der Waals surface area contributed by atoms with E-state index in [-0.39, 0.29) is 0 Å². The molecule has 0 atom stereocenters. The number of rotatable bonds is 3. The molecular weight excluding hydrogens is 90.1 g/mol. The third-order valence-corrected chi connectivity index (χ3v) is 0.497. The van der Waals surface area contributed by atoms with Crippen LogP contribution in [0.5, 0.6) is 0 Å². The molecule has 40 valence electrons. The average Bonchev–Trinajstić information content (AvgIpc) is 1.69. The maximum absolute atomic E-state index is 9.55. The van der Waals surface area contributed by atoms with E-state index in [4.69, 9.17) is 0 Å². The van der Waals surface area contributed by atoms with Crippen LogP contribution in [0.25, 0.3) is 0 Å². The Morgan fingerprint density at radius 2 is 2.43 bits per heavy atom. The van der Waals surface area contributed by atoms with Gasteiger partial charge in [-0.15, -0.1) is 0 Å². The van der Waals surface area contributed by atoms with E-state index in [1.54, 1.807) is 6.20 Å². The Morgan fingerprint density at radius 3 is 2.86 bits per heavy atom. The summed E-state index contributed by atoms with van der Waals surface area (Å²) in [4.78, 5) is 9.55. The number of carbonyl (C=O) groups excluding carboxylic acids is 1. The Labute approximate surface area is 43.2 Å². The molecule has 0 saturated carbocycles. The van der Waals surface area contributed by atoms with Crippen molar-refractivity contribution in [1.82, 2.24) is 5.32 Å². The zero-order chi connectivity index (χ0) is 5.54. The summed E-state index contributed by atoms with van der Waals surface area (Å²) in [5.74, 6) is 0. The molecule has 0 fully saturated rings. The summed E-state index contributed by atoms with van der Waals surface area (Å²) < 4.78 is 0. The van der Waals surface area contributed by atoms with Gasteiger partial charge in [0.1, 0.15) is 6.29 Å². The van der Waals surface area contributed by atoms with Crippen molar-refractivity contribution in [3.05, 3.63) is 12.3 Å². The van der Waals surface area contributed by atoms with Crippen molar-refractivity contribution < 1.29 is 4.79 Å². The summed E-state index contributed by atoms with van der Waals surface area (Å²) in [7, 11) is 0. The van der Waals surface area contributed by atoms with Crippen molar-refractivity contribution in [2.24, 2.45) is 0 Å². The van der Waals surface area contributed by atoms with Crippen LogP contribution in [0.4, 0.5) is 0 Å².